The summed E-state index contributed by atoms with van der Waals surface area (Å²) in [5.41, 5.74) is 3.58. The van der Waals surface area contributed by atoms with E-state index in [2.05, 4.69) is 0 Å². The fraction of sp³-hybridized carbons (Fsp3) is 0.300. The second-order valence-corrected chi connectivity index (χ2v) is 6.67. The van der Waals surface area contributed by atoms with E-state index in [1.54, 1.807) is 5.01 Å². The molecule has 6 nitrogen and oxygen atoms in total. The first-order valence-electron chi connectivity index (χ1n) is 8.64. The number of nitrogens with zero attached hydrogens (tertiary/aromatic N) is 3. The predicted molar refractivity (Wildman–Crippen MR) is 98.6 cm³/mol. The summed E-state index contributed by atoms with van der Waals surface area (Å²) >= 11 is 0. The Balaban J connectivity index is 1.82. The van der Waals surface area contributed by atoms with Crippen LogP contribution in [0.15, 0.2) is 47.6 Å². The van der Waals surface area contributed by atoms with Crippen molar-refractivity contribution in [3.05, 3.63) is 59.2 Å². The maximum atomic E-state index is 12.8. The maximum Gasteiger partial charge on any atom is 0.247 e. The van der Waals surface area contributed by atoms with Crippen LogP contribution in [0.3, 0.4) is 0 Å². The number of rotatable bonds is 4. The predicted octanol–water partition coefficient (Wildman–Crippen LogP) is 2.11. The Morgan fingerprint density at radius 3 is 2.58 bits per heavy atom. The van der Waals surface area contributed by atoms with E-state index in [0.717, 1.165) is 28.9 Å². The molecule has 134 valence electrons. The molecule has 0 N–H and O–H groups in total. The maximum absolute atomic E-state index is 12.8. The Kier molecular flexibility index (Phi) is 4.34. The molecule has 2 aromatic carbocycles. The van der Waals surface area contributed by atoms with E-state index in [0.29, 0.717) is 24.5 Å². The van der Waals surface area contributed by atoms with Gasteiger partial charge < -0.3 is 14.4 Å². The Morgan fingerprint density at radius 2 is 1.85 bits per heavy atom. The molecule has 26 heavy (non-hydrogen) atoms. The molecule has 0 bridgehead atoms. The zero-order chi connectivity index (χ0) is 18.1. The Hall–Kier alpha value is -2.86. The molecule has 0 aromatic heterocycles. The number of benzene rings is 2. The van der Waals surface area contributed by atoms with E-state index < -0.39 is 0 Å². The van der Waals surface area contributed by atoms with E-state index in [-0.39, 0.29) is 12.7 Å². The van der Waals surface area contributed by atoms with Crippen molar-refractivity contribution in [3.63, 3.8) is 0 Å². The standard InChI is InChI=1S/C20H21N3O3/c1-22(2)8-9-23-19(24)11-15-10-17-18(26-13-25-17)12-16(15)20(21-23)14-6-4-3-5-7-14/h3-7,10,12H,8-9,11,13H2,1-2H3. The summed E-state index contributed by atoms with van der Waals surface area (Å²) in [6.07, 6.45) is 0.291. The van der Waals surface area contributed by atoms with Gasteiger partial charge in [-0.15, -0.1) is 0 Å². The topological polar surface area (TPSA) is 54.4 Å². The zero-order valence-corrected chi connectivity index (χ0v) is 14.9. The molecule has 0 fully saturated rings. The highest BCUT2D eigenvalue weighted by Crippen LogP contribution is 2.37. The Morgan fingerprint density at radius 1 is 1.12 bits per heavy atom. The van der Waals surface area contributed by atoms with Crippen LogP contribution >= 0.6 is 0 Å². The van der Waals surface area contributed by atoms with Crippen molar-refractivity contribution in [2.75, 3.05) is 34.0 Å². The van der Waals surface area contributed by atoms with Crippen LogP contribution in [0.4, 0.5) is 0 Å². The highest BCUT2D eigenvalue weighted by Gasteiger charge is 2.27. The van der Waals surface area contributed by atoms with Gasteiger partial charge in [-0.3, -0.25) is 4.79 Å². The lowest BCUT2D eigenvalue weighted by atomic mass is 9.95. The lowest BCUT2D eigenvalue weighted by molar-refractivity contribution is -0.130. The molecule has 1 amide bonds. The third kappa shape index (κ3) is 3.15. The van der Waals surface area contributed by atoms with Crippen LogP contribution < -0.4 is 9.47 Å². The van der Waals surface area contributed by atoms with Crippen molar-refractivity contribution in [1.29, 1.82) is 0 Å². The SMILES string of the molecule is CN(C)CCN1N=C(c2ccccc2)c2cc3c(cc2CC1=O)OCO3. The van der Waals surface area contributed by atoms with Gasteiger partial charge in [0.25, 0.3) is 0 Å². The molecule has 0 radical (unpaired) electrons. The largest absolute Gasteiger partial charge is 0.454 e. The summed E-state index contributed by atoms with van der Waals surface area (Å²) in [4.78, 5) is 14.8. The summed E-state index contributed by atoms with van der Waals surface area (Å²) in [6, 6.07) is 13.8. The molecule has 0 saturated carbocycles. The number of fused-ring (bicyclic) bond motifs is 2. The van der Waals surface area contributed by atoms with Crippen molar-refractivity contribution in [2.45, 2.75) is 6.42 Å². The number of hydrazone groups is 1. The zero-order valence-electron chi connectivity index (χ0n) is 14.9. The second kappa shape index (κ2) is 6.80. The van der Waals surface area contributed by atoms with Gasteiger partial charge in [0.2, 0.25) is 12.7 Å². The molecule has 2 aromatic rings. The quantitative estimate of drug-likeness (QED) is 0.847. The van der Waals surface area contributed by atoms with Crippen LogP contribution in [0.5, 0.6) is 11.5 Å². The van der Waals surface area contributed by atoms with Crippen LogP contribution in [0.25, 0.3) is 0 Å². The first-order valence-corrected chi connectivity index (χ1v) is 8.64. The smallest absolute Gasteiger partial charge is 0.247 e. The third-order valence-electron chi connectivity index (χ3n) is 4.51. The van der Waals surface area contributed by atoms with Crippen molar-refractivity contribution >= 4 is 11.6 Å². The molecule has 0 atom stereocenters. The number of amides is 1. The minimum absolute atomic E-state index is 0.0158. The number of carbonyl (C=O) groups is 1. The van der Waals surface area contributed by atoms with Crippen molar-refractivity contribution in [3.8, 4) is 11.5 Å². The summed E-state index contributed by atoms with van der Waals surface area (Å²) in [5, 5.41) is 6.32. The number of hydrogen-bond acceptors (Lipinski definition) is 5. The first kappa shape index (κ1) is 16.6. The summed E-state index contributed by atoms with van der Waals surface area (Å²) < 4.78 is 11.0. The van der Waals surface area contributed by atoms with E-state index in [1.165, 1.54) is 0 Å². The summed E-state index contributed by atoms with van der Waals surface area (Å²) in [6.45, 7) is 1.50. The first-order chi connectivity index (χ1) is 12.6. The molecule has 0 spiro atoms. The number of hydrogen-bond donors (Lipinski definition) is 0. The molecule has 4 rings (SSSR count). The van der Waals surface area contributed by atoms with Crippen LogP contribution in [0.1, 0.15) is 16.7 Å². The minimum Gasteiger partial charge on any atom is -0.454 e. The van der Waals surface area contributed by atoms with Crippen LogP contribution in [0, 0.1) is 0 Å². The highest BCUT2D eigenvalue weighted by molar-refractivity contribution is 6.15. The second-order valence-electron chi connectivity index (χ2n) is 6.67. The van der Waals surface area contributed by atoms with Gasteiger partial charge >= 0.3 is 0 Å². The Bertz CT molecular complexity index is 862. The van der Waals surface area contributed by atoms with E-state index in [4.69, 9.17) is 14.6 Å². The molecule has 0 unspecified atom stereocenters. The van der Waals surface area contributed by atoms with Gasteiger partial charge in [0.15, 0.2) is 11.5 Å². The van der Waals surface area contributed by atoms with Gasteiger partial charge in [0.1, 0.15) is 0 Å². The van der Waals surface area contributed by atoms with Crippen LogP contribution in [0.2, 0.25) is 0 Å². The highest BCUT2D eigenvalue weighted by atomic mass is 16.7. The molecule has 2 heterocycles. The molecule has 0 aliphatic carbocycles. The molecule has 2 aliphatic rings. The lowest BCUT2D eigenvalue weighted by Gasteiger charge is -2.19. The minimum atomic E-state index is -0.0158. The lowest BCUT2D eigenvalue weighted by Crippen LogP contribution is -2.33. The van der Waals surface area contributed by atoms with Gasteiger partial charge in [-0.2, -0.15) is 5.10 Å². The van der Waals surface area contributed by atoms with Gasteiger partial charge in [-0.1, -0.05) is 30.3 Å². The average molecular weight is 351 g/mol. The molecule has 0 saturated heterocycles. The van der Waals surface area contributed by atoms with Gasteiger partial charge in [0, 0.05) is 17.7 Å². The van der Waals surface area contributed by atoms with Gasteiger partial charge in [-0.25, -0.2) is 5.01 Å². The van der Waals surface area contributed by atoms with Gasteiger partial charge in [-0.05, 0) is 31.8 Å². The monoisotopic (exact) mass is 351 g/mol. The fourth-order valence-corrected chi connectivity index (χ4v) is 3.11. The summed E-state index contributed by atoms with van der Waals surface area (Å²) in [5.74, 6) is 1.37. The normalized spacial score (nSPS) is 15.7. The van der Waals surface area contributed by atoms with Crippen LogP contribution in [-0.4, -0.2) is 55.5 Å². The number of ether oxygens (including phenoxy) is 2. The van der Waals surface area contributed by atoms with E-state index >= 15 is 0 Å². The number of likely N-dealkylation sites (N-methyl/N-ethyl adjacent to an activating group) is 1. The van der Waals surface area contributed by atoms with Crippen LogP contribution in [-0.2, 0) is 11.2 Å². The number of carbonyl (C=O) groups excluding carboxylic acids is 1. The Labute approximate surface area is 152 Å². The average Bonchev–Trinajstić information content (AvgIpc) is 3.04. The fourth-order valence-electron chi connectivity index (χ4n) is 3.11. The summed E-state index contributed by atoms with van der Waals surface area (Å²) in [7, 11) is 3.97. The van der Waals surface area contributed by atoms with Crippen molar-refractivity contribution in [1.82, 2.24) is 9.91 Å². The van der Waals surface area contributed by atoms with E-state index in [1.807, 2.05) is 61.5 Å². The third-order valence-corrected chi connectivity index (χ3v) is 4.51. The molecular formula is C20H21N3O3. The van der Waals surface area contributed by atoms with Crippen molar-refractivity contribution < 1.29 is 14.3 Å². The molecule has 6 heteroatoms. The molecular weight excluding hydrogens is 330 g/mol. The van der Waals surface area contributed by atoms with Gasteiger partial charge in [0.05, 0.1) is 18.7 Å². The van der Waals surface area contributed by atoms with E-state index in [9.17, 15) is 4.79 Å². The molecule has 2 aliphatic heterocycles. The van der Waals surface area contributed by atoms with Crippen molar-refractivity contribution in [2.24, 2.45) is 5.10 Å².